The number of rotatable bonds is 4. The molecular weight excluding hydrogens is 312 g/mol. The molecule has 0 aliphatic carbocycles. The molecule has 0 bridgehead atoms. The topological polar surface area (TPSA) is 24.1 Å². The van der Waals surface area contributed by atoms with Crippen molar-refractivity contribution in [3.05, 3.63) is 63.6 Å². The quantitative estimate of drug-likeness (QED) is 0.874. The highest BCUT2D eigenvalue weighted by atomic mass is 79.9. The van der Waals surface area contributed by atoms with E-state index in [1.165, 1.54) is 22.4 Å². The third-order valence-corrected chi connectivity index (χ3v) is 4.43. The zero-order chi connectivity index (χ0) is 13.9. The van der Waals surface area contributed by atoms with Crippen LogP contribution in [0.1, 0.15) is 29.7 Å². The fraction of sp³-hybridized carbons (Fsp3) is 0.294. The monoisotopic (exact) mass is 330 g/mol. The van der Waals surface area contributed by atoms with Gasteiger partial charge in [0.2, 0.25) is 0 Å². The molecule has 0 fully saturated rings. The van der Waals surface area contributed by atoms with Crippen LogP contribution in [0.4, 0.5) is 5.69 Å². The molecule has 1 heterocycles. The number of hydrogen-bond acceptors (Lipinski definition) is 2. The van der Waals surface area contributed by atoms with E-state index in [0.29, 0.717) is 6.04 Å². The zero-order valence-electron chi connectivity index (χ0n) is 11.6. The molecule has 2 N–H and O–H groups in total. The highest BCUT2D eigenvalue weighted by Crippen LogP contribution is 2.27. The molecule has 3 rings (SSSR count). The van der Waals surface area contributed by atoms with Gasteiger partial charge in [0.15, 0.2) is 0 Å². The molecule has 0 amide bonds. The highest BCUT2D eigenvalue weighted by Gasteiger charge is 2.14. The molecular formula is C17H19BrN2. The van der Waals surface area contributed by atoms with Crippen LogP contribution < -0.4 is 10.6 Å². The van der Waals surface area contributed by atoms with Crippen LogP contribution in [-0.2, 0) is 13.0 Å². The van der Waals surface area contributed by atoms with E-state index in [0.717, 1.165) is 24.0 Å². The van der Waals surface area contributed by atoms with Crippen molar-refractivity contribution in [3.63, 3.8) is 0 Å². The average Bonchev–Trinajstić information content (AvgIpc) is 2.94. The van der Waals surface area contributed by atoms with E-state index in [9.17, 15) is 0 Å². The second kappa shape index (κ2) is 5.98. The molecule has 0 spiro atoms. The SMILES string of the molecule is C[C@@H](NCc1cccc2c1NCC2)c1ccc(Br)cc1. The second-order valence-electron chi connectivity index (χ2n) is 5.28. The fourth-order valence-corrected chi connectivity index (χ4v) is 2.95. The standard InChI is InChI=1S/C17H19BrN2/c1-12(13-5-7-16(18)8-6-13)20-11-15-4-2-3-14-9-10-19-17(14)15/h2-8,12,19-20H,9-11H2,1H3/t12-/m1/s1. The van der Waals surface area contributed by atoms with E-state index in [4.69, 9.17) is 0 Å². The van der Waals surface area contributed by atoms with Gasteiger partial charge in [0.05, 0.1) is 0 Å². The molecule has 104 valence electrons. The number of benzene rings is 2. The number of para-hydroxylation sites is 1. The smallest absolute Gasteiger partial charge is 0.0419 e. The lowest BCUT2D eigenvalue weighted by Crippen LogP contribution is -2.18. The van der Waals surface area contributed by atoms with Gasteiger partial charge in [0.1, 0.15) is 0 Å². The van der Waals surface area contributed by atoms with Gasteiger partial charge >= 0.3 is 0 Å². The Morgan fingerprint density at radius 3 is 2.80 bits per heavy atom. The predicted octanol–water partition coefficient (Wildman–Crippen LogP) is 4.27. The van der Waals surface area contributed by atoms with Crippen LogP contribution in [0.5, 0.6) is 0 Å². The summed E-state index contributed by atoms with van der Waals surface area (Å²) < 4.78 is 1.12. The summed E-state index contributed by atoms with van der Waals surface area (Å²) in [6.07, 6.45) is 1.14. The fourth-order valence-electron chi connectivity index (χ4n) is 2.69. The van der Waals surface area contributed by atoms with Gasteiger partial charge in [-0.05, 0) is 42.2 Å². The summed E-state index contributed by atoms with van der Waals surface area (Å²) >= 11 is 3.48. The molecule has 0 radical (unpaired) electrons. The Morgan fingerprint density at radius 1 is 1.20 bits per heavy atom. The maximum absolute atomic E-state index is 3.61. The Bertz CT molecular complexity index is 592. The van der Waals surface area contributed by atoms with E-state index in [-0.39, 0.29) is 0 Å². The molecule has 1 atom stereocenters. The first-order valence-electron chi connectivity index (χ1n) is 7.07. The van der Waals surface area contributed by atoms with Crippen LogP contribution in [0.3, 0.4) is 0 Å². The van der Waals surface area contributed by atoms with Crippen LogP contribution in [0, 0.1) is 0 Å². The minimum Gasteiger partial charge on any atom is -0.384 e. The first kappa shape index (κ1) is 13.7. The number of anilines is 1. The van der Waals surface area contributed by atoms with E-state index in [1.54, 1.807) is 0 Å². The largest absolute Gasteiger partial charge is 0.384 e. The number of halogens is 1. The Labute approximate surface area is 128 Å². The molecule has 2 aromatic rings. The van der Waals surface area contributed by atoms with Crippen LogP contribution in [0.2, 0.25) is 0 Å². The summed E-state index contributed by atoms with van der Waals surface area (Å²) in [6, 6.07) is 15.4. The molecule has 2 nitrogen and oxygen atoms in total. The van der Waals surface area contributed by atoms with Crippen LogP contribution in [0.25, 0.3) is 0 Å². The highest BCUT2D eigenvalue weighted by molar-refractivity contribution is 9.10. The minimum atomic E-state index is 0.348. The van der Waals surface area contributed by atoms with Crippen molar-refractivity contribution in [3.8, 4) is 0 Å². The number of fused-ring (bicyclic) bond motifs is 1. The third-order valence-electron chi connectivity index (χ3n) is 3.90. The molecule has 20 heavy (non-hydrogen) atoms. The normalized spacial score (nSPS) is 14.7. The Kier molecular flexibility index (Phi) is 4.08. The third kappa shape index (κ3) is 2.89. The van der Waals surface area contributed by atoms with Gasteiger partial charge in [0, 0.05) is 29.3 Å². The first-order chi connectivity index (χ1) is 9.74. The maximum Gasteiger partial charge on any atom is 0.0419 e. The minimum absolute atomic E-state index is 0.348. The average molecular weight is 331 g/mol. The molecule has 0 aromatic heterocycles. The summed E-state index contributed by atoms with van der Waals surface area (Å²) in [5.74, 6) is 0. The van der Waals surface area contributed by atoms with Gasteiger partial charge in [0.25, 0.3) is 0 Å². The molecule has 3 heteroatoms. The molecule has 1 aliphatic rings. The van der Waals surface area contributed by atoms with Gasteiger partial charge in [-0.2, -0.15) is 0 Å². The van der Waals surface area contributed by atoms with Crippen molar-refractivity contribution in [1.82, 2.24) is 5.32 Å². The zero-order valence-corrected chi connectivity index (χ0v) is 13.2. The number of hydrogen-bond donors (Lipinski definition) is 2. The first-order valence-corrected chi connectivity index (χ1v) is 7.87. The van der Waals surface area contributed by atoms with Gasteiger partial charge in [-0.25, -0.2) is 0 Å². The van der Waals surface area contributed by atoms with Crippen molar-refractivity contribution in [2.24, 2.45) is 0 Å². The van der Waals surface area contributed by atoms with Crippen LogP contribution in [-0.4, -0.2) is 6.54 Å². The van der Waals surface area contributed by atoms with Crippen molar-refractivity contribution < 1.29 is 0 Å². The van der Waals surface area contributed by atoms with Gasteiger partial charge in [-0.1, -0.05) is 46.3 Å². The predicted molar refractivity (Wildman–Crippen MR) is 88.0 cm³/mol. The summed E-state index contributed by atoms with van der Waals surface area (Å²) in [6.45, 7) is 4.17. The Balaban J connectivity index is 1.68. The van der Waals surface area contributed by atoms with E-state index in [2.05, 4.69) is 76.0 Å². The van der Waals surface area contributed by atoms with E-state index < -0.39 is 0 Å². The molecule has 2 aromatic carbocycles. The van der Waals surface area contributed by atoms with Gasteiger partial charge in [-0.3, -0.25) is 0 Å². The molecule has 0 unspecified atom stereocenters. The van der Waals surface area contributed by atoms with Crippen molar-refractivity contribution in [1.29, 1.82) is 0 Å². The molecule has 0 saturated carbocycles. The summed E-state index contributed by atoms with van der Waals surface area (Å²) in [5, 5.41) is 7.10. The van der Waals surface area contributed by atoms with Gasteiger partial charge < -0.3 is 10.6 Å². The summed E-state index contributed by atoms with van der Waals surface area (Å²) in [5.41, 5.74) is 5.46. The van der Waals surface area contributed by atoms with E-state index in [1.807, 2.05) is 0 Å². The lowest BCUT2D eigenvalue weighted by molar-refractivity contribution is 0.575. The lowest BCUT2D eigenvalue weighted by Gasteiger charge is -2.16. The lowest BCUT2D eigenvalue weighted by atomic mass is 10.1. The van der Waals surface area contributed by atoms with Crippen LogP contribution >= 0.6 is 15.9 Å². The Morgan fingerprint density at radius 2 is 2.00 bits per heavy atom. The van der Waals surface area contributed by atoms with E-state index >= 15 is 0 Å². The molecule has 1 aliphatic heterocycles. The van der Waals surface area contributed by atoms with Crippen molar-refractivity contribution in [2.45, 2.75) is 25.9 Å². The summed E-state index contributed by atoms with van der Waals surface area (Å²) in [7, 11) is 0. The van der Waals surface area contributed by atoms with Crippen molar-refractivity contribution >= 4 is 21.6 Å². The maximum atomic E-state index is 3.61. The molecule has 0 saturated heterocycles. The summed E-state index contributed by atoms with van der Waals surface area (Å²) in [4.78, 5) is 0. The number of nitrogens with one attached hydrogen (secondary N) is 2. The second-order valence-corrected chi connectivity index (χ2v) is 6.20. The van der Waals surface area contributed by atoms with Gasteiger partial charge in [-0.15, -0.1) is 0 Å². The Hall–Kier alpha value is -1.32. The van der Waals surface area contributed by atoms with Crippen molar-refractivity contribution in [2.75, 3.05) is 11.9 Å². The van der Waals surface area contributed by atoms with Crippen LogP contribution in [0.15, 0.2) is 46.9 Å².